The van der Waals surface area contributed by atoms with Crippen LogP contribution in [0, 0.1) is 0 Å². The van der Waals surface area contributed by atoms with Crippen molar-refractivity contribution >= 4 is 34.8 Å². The first kappa shape index (κ1) is 11.3. The van der Waals surface area contributed by atoms with Crippen LogP contribution in [0.5, 0.6) is 0 Å². The molecule has 0 bridgehead atoms. The van der Waals surface area contributed by atoms with Crippen LogP contribution in [0.25, 0.3) is 0 Å². The Morgan fingerprint density at radius 2 is 2.17 bits per heavy atom. The summed E-state index contributed by atoms with van der Waals surface area (Å²) in [5.74, 6) is 0. The van der Waals surface area contributed by atoms with Crippen molar-refractivity contribution in [3.8, 4) is 0 Å². The van der Waals surface area contributed by atoms with E-state index < -0.39 is 17.0 Å². The first-order valence-electron chi connectivity index (χ1n) is 3.88. The average Bonchev–Trinajstić information content (AvgIpc) is 1.81. The molecule has 1 heterocycles. The van der Waals surface area contributed by atoms with Crippen LogP contribution < -0.4 is 0 Å². The Kier molecular flexibility index (Phi) is 4.40. The van der Waals surface area contributed by atoms with Crippen LogP contribution in [0.4, 0.5) is 0 Å². The number of likely N-dealkylation sites (N-methyl/N-ethyl adjacent to an activating group) is 1. The van der Waals surface area contributed by atoms with Gasteiger partial charge in [0.2, 0.25) is 0 Å². The Bertz CT molecular complexity index is 158. The molecule has 0 radical (unpaired) electrons. The van der Waals surface area contributed by atoms with Crippen molar-refractivity contribution in [1.82, 2.24) is 4.90 Å². The number of halogens is 2. The standard InChI is InChI=1S/C6H13NO2.2ClH.Sn/c1-6(9)5-7(2)3-4-8;;;/h6H,3-5H2,1-2H3;2*1H;/q-2;;;+4/p-2. The Balaban J connectivity index is 2.48. The van der Waals surface area contributed by atoms with E-state index in [0.29, 0.717) is 6.61 Å². The molecule has 0 saturated carbocycles. The fourth-order valence-corrected chi connectivity index (χ4v) is 6.91. The predicted octanol–water partition coefficient (Wildman–Crippen LogP) is 1.27. The van der Waals surface area contributed by atoms with Gasteiger partial charge in [-0.25, -0.2) is 0 Å². The molecule has 1 aliphatic heterocycles. The molecule has 0 aromatic heterocycles. The maximum atomic E-state index is 5.90. The van der Waals surface area contributed by atoms with Crippen molar-refractivity contribution in [2.45, 2.75) is 13.0 Å². The van der Waals surface area contributed by atoms with Gasteiger partial charge in [0.05, 0.1) is 0 Å². The van der Waals surface area contributed by atoms with E-state index in [1.54, 1.807) is 0 Å². The zero-order valence-corrected chi connectivity index (χ0v) is 11.6. The summed E-state index contributed by atoms with van der Waals surface area (Å²) in [5, 5.41) is 0. The van der Waals surface area contributed by atoms with Gasteiger partial charge in [-0.3, -0.25) is 0 Å². The van der Waals surface area contributed by atoms with Gasteiger partial charge in [0.15, 0.2) is 0 Å². The summed E-state index contributed by atoms with van der Waals surface area (Å²) in [6.07, 6.45) is 0.0705. The molecule has 6 heteroatoms. The molecule has 12 heavy (non-hydrogen) atoms. The van der Waals surface area contributed by atoms with E-state index in [4.69, 9.17) is 24.0 Å². The fourth-order valence-electron chi connectivity index (χ4n) is 1.16. The van der Waals surface area contributed by atoms with E-state index in [2.05, 4.69) is 4.90 Å². The van der Waals surface area contributed by atoms with Crippen LogP contribution in [-0.4, -0.2) is 54.7 Å². The summed E-state index contributed by atoms with van der Waals surface area (Å²) in [6.45, 7) is 4.27. The molecule has 0 aliphatic carbocycles. The van der Waals surface area contributed by atoms with Crippen LogP contribution in [0.15, 0.2) is 0 Å². The number of hydrogen-bond donors (Lipinski definition) is 0. The summed E-state index contributed by atoms with van der Waals surface area (Å²) >= 11 is -3.55. The number of hydrogen-bond acceptors (Lipinski definition) is 3. The van der Waals surface area contributed by atoms with Crippen LogP contribution in [-0.2, 0) is 6.15 Å². The third kappa shape index (κ3) is 3.98. The van der Waals surface area contributed by atoms with Crippen molar-refractivity contribution in [1.29, 1.82) is 0 Å². The molecule has 0 amide bonds. The molecule has 0 N–H and O–H groups in total. The third-order valence-electron chi connectivity index (χ3n) is 1.65. The van der Waals surface area contributed by atoms with Crippen molar-refractivity contribution < 1.29 is 6.15 Å². The van der Waals surface area contributed by atoms with Crippen molar-refractivity contribution in [3.05, 3.63) is 0 Å². The third-order valence-corrected chi connectivity index (χ3v) is 7.78. The van der Waals surface area contributed by atoms with E-state index in [1.165, 1.54) is 0 Å². The number of rotatable bonds is 0. The second kappa shape index (κ2) is 4.66. The zero-order chi connectivity index (χ0) is 9.19. The summed E-state index contributed by atoms with van der Waals surface area (Å²) < 4.78 is 10.7. The van der Waals surface area contributed by atoms with Gasteiger partial charge in [-0.15, -0.1) is 0 Å². The quantitative estimate of drug-likeness (QED) is 0.627. The monoisotopic (exact) mass is 321 g/mol. The maximum absolute atomic E-state index is 5.90. The molecule has 3 nitrogen and oxygen atoms in total. The molecule has 1 atom stereocenters. The fraction of sp³-hybridized carbons (Fsp3) is 1.00. The summed E-state index contributed by atoms with van der Waals surface area (Å²) in [4.78, 5) is 2.14. The molecule has 1 unspecified atom stereocenters. The Labute approximate surface area is 85.3 Å². The van der Waals surface area contributed by atoms with E-state index >= 15 is 0 Å². The number of nitrogens with zero attached hydrogens (tertiary/aromatic N) is 1. The molecule has 1 aliphatic rings. The van der Waals surface area contributed by atoms with Gasteiger partial charge in [0, 0.05) is 0 Å². The molecule has 0 aromatic carbocycles. The molecule has 0 aromatic rings. The van der Waals surface area contributed by atoms with Crippen LogP contribution in [0.1, 0.15) is 6.92 Å². The molecular weight excluding hydrogens is 308 g/mol. The molecule has 72 valence electrons. The summed E-state index contributed by atoms with van der Waals surface area (Å²) in [5.41, 5.74) is 0. The van der Waals surface area contributed by atoms with Crippen molar-refractivity contribution in [2.75, 3.05) is 26.7 Å². The molecular formula is C6H13Cl2NO2Sn. The van der Waals surface area contributed by atoms with Crippen LogP contribution >= 0.6 is 17.8 Å². The van der Waals surface area contributed by atoms with Crippen molar-refractivity contribution in [2.24, 2.45) is 0 Å². The summed E-state index contributed by atoms with van der Waals surface area (Å²) in [7, 11) is 13.8. The first-order valence-corrected chi connectivity index (χ1v) is 13.4. The molecule has 1 fully saturated rings. The zero-order valence-electron chi connectivity index (χ0n) is 7.22. The Morgan fingerprint density at radius 3 is 2.83 bits per heavy atom. The van der Waals surface area contributed by atoms with Gasteiger partial charge in [0.1, 0.15) is 0 Å². The van der Waals surface area contributed by atoms with E-state index in [9.17, 15) is 0 Å². The second-order valence-electron chi connectivity index (χ2n) is 3.00. The minimum absolute atomic E-state index is 0.0705. The van der Waals surface area contributed by atoms with Crippen molar-refractivity contribution in [3.63, 3.8) is 0 Å². The SMILES string of the molecule is CC1CN(C)CC[O][Sn]([Cl])([Cl])[O]1. The Morgan fingerprint density at radius 1 is 1.50 bits per heavy atom. The summed E-state index contributed by atoms with van der Waals surface area (Å²) in [6, 6.07) is 0. The minimum atomic E-state index is -3.55. The van der Waals surface area contributed by atoms with Gasteiger partial charge in [0.25, 0.3) is 0 Å². The van der Waals surface area contributed by atoms with Crippen LogP contribution in [0.2, 0.25) is 0 Å². The van der Waals surface area contributed by atoms with Gasteiger partial charge >= 0.3 is 85.6 Å². The normalized spacial score (nSPS) is 32.5. The topological polar surface area (TPSA) is 21.7 Å². The van der Waals surface area contributed by atoms with Gasteiger partial charge < -0.3 is 0 Å². The average molecular weight is 321 g/mol. The van der Waals surface area contributed by atoms with Gasteiger partial charge in [-0.05, 0) is 0 Å². The predicted molar refractivity (Wildman–Crippen MR) is 51.5 cm³/mol. The molecule has 0 spiro atoms. The first-order chi connectivity index (χ1) is 5.49. The molecule has 1 saturated heterocycles. The van der Waals surface area contributed by atoms with Gasteiger partial charge in [-0.1, -0.05) is 0 Å². The van der Waals surface area contributed by atoms with E-state index in [1.807, 2.05) is 14.0 Å². The molecule has 1 rings (SSSR count). The van der Waals surface area contributed by atoms with E-state index in [0.717, 1.165) is 13.1 Å². The van der Waals surface area contributed by atoms with Crippen LogP contribution in [0.3, 0.4) is 0 Å². The van der Waals surface area contributed by atoms with Gasteiger partial charge in [-0.2, -0.15) is 0 Å². The Hall–Kier alpha value is 1.26. The second-order valence-corrected chi connectivity index (χ2v) is 15.1. The van der Waals surface area contributed by atoms with E-state index in [-0.39, 0.29) is 6.10 Å².